The molecule has 0 aliphatic carbocycles. The van der Waals surface area contributed by atoms with Crippen molar-refractivity contribution in [1.29, 1.82) is 0 Å². The van der Waals surface area contributed by atoms with Gasteiger partial charge in [-0.3, -0.25) is 0 Å². The zero-order valence-corrected chi connectivity index (χ0v) is 7.96. The van der Waals surface area contributed by atoms with E-state index in [0.717, 1.165) is 17.4 Å². The Bertz CT molecular complexity index is 90.2. The second-order valence-corrected chi connectivity index (χ2v) is 4.87. The standard InChI is InChI=1S/C6H17NO2P/c1-7(2,3)5-4-6-10(8)9/h8-9H,4-6H2,1-3H3/q+1/p+1. The third-order valence-electron chi connectivity index (χ3n) is 1.23. The molecule has 0 radical (unpaired) electrons. The van der Waals surface area contributed by atoms with Crippen LogP contribution in [0.25, 0.3) is 0 Å². The molecule has 0 aromatic heterocycles. The Morgan fingerprint density at radius 1 is 1.20 bits per heavy atom. The molecule has 0 aliphatic heterocycles. The zero-order chi connectivity index (χ0) is 8.20. The van der Waals surface area contributed by atoms with Gasteiger partial charge in [0.2, 0.25) is 0 Å². The number of quaternary nitrogens is 1. The largest absolute Gasteiger partial charge is 0.331 e. The third-order valence-corrected chi connectivity index (χ3v) is 2.03. The van der Waals surface area contributed by atoms with Crippen molar-refractivity contribution in [3.8, 4) is 0 Å². The Morgan fingerprint density at radius 3 is 2.00 bits per heavy atom. The van der Waals surface area contributed by atoms with E-state index >= 15 is 0 Å². The van der Waals surface area contributed by atoms with E-state index in [1.165, 1.54) is 0 Å². The van der Waals surface area contributed by atoms with Gasteiger partial charge in [-0.15, -0.1) is 0 Å². The first-order valence-electron chi connectivity index (χ1n) is 3.46. The van der Waals surface area contributed by atoms with Crippen molar-refractivity contribution in [2.75, 3.05) is 33.8 Å². The number of hydrogen-bond acceptors (Lipinski definition) is 2. The van der Waals surface area contributed by atoms with E-state index in [-0.39, 0.29) is 0 Å². The Hall–Kier alpha value is 0.310. The molecule has 0 atom stereocenters. The predicted octanol–water partition coefficient (Wildman–Crippen LogP) is 0.111. The van der Waals surface area contributed by atoms with Crippen molar-refractivity contribution in [2.24, 2.45) is 0 Å². The topological polar surface area (TPSA) is 40.5 Å². The molecule has 0 aliphatic rings. The average molecular weight is 167 g/mol. The molecule has 4 heteroatoms. The van der Waals surface area contributed by atoms with Gasteiger partial charge in [-0.25, -0.2) is 9.79 Å². The molecule has 0 aromatic carbocycles. The molecule has 0 fully saturated rings. The summed E-state index contributed by atoms with van der Waals surface area (Å²) in [6, 6.07) is 0. The van der Waals surface area contributed by atoms with Gasteiger partial charge in [-0.1, -0.05) is 0 Å². The lowest BCUT2D eigenvalue weighted by molar-refractivity contribution is -0.870. The fraction of sp³-hybridized carbons (Fsp3) is 1.00. The average Bonchev–Trinajstić information content (AvgIpc) is 1.59. The summed E-state index contributed by atoms with van der Waals surface area (Å²) in [5.41, 5.74) is 0. The summed E-state index contributed by atoms with van der Waals surface area (Å²) < 4.78 is 0.898. The van der Waals surface area contributed by atoms with E-state index < -0.39 is 8.38 Å². The Balaban J connectivity index is 3.21. The van der Waals surface area contributed by atoms with E-state index in [0.29, 0.717) is 6.16 Å². The normalized spacial score (nSPS) is 12.6. The second-order valence-electron chi connectivity index (χ2n) is 3.53. The van der Waals surface area contributed by atoms with Crippen molar-refractivity contribution < 1.29 is 14.3 Å². The second kappa shape index (κ2) is 4.24. The van der Waals surface area contributed by atoms with Crippen LogP contribution in [0.15, 0.2) is 0 Å². The van der Waals surface area contributed by atoms with E-state index in [4.69, 9.17) is 9.79 Å². The van der Waals surface area contributed by atoms with E-state index in [2.05, 4.69) is 21.1 Å². The predicted molar refractivity (Wildman–Crippen MR) is 45.1 cm³/mol. The monoisotopic (exact) mass is 167 g/mol. The van der Waals surface area contributed by atoms with E-state index in [1.54, 1.807) is 0 Å². The van der Waals surface area contributed by atoms with Crippen molar-refractivity contribution in [2.45, 2.75) is 6.42 Å². The number of nitrogens with zero attached hydrogens (tertiary/aromatic N) is 1. The molecule has 0 bridgehead atoms. The van der Waals surface area contributed by atoms with E-state index in [9.17, 15) is 0 Å². The molecule has 0 aromatic rings. The van der Waals surface area contributed by atoms with Crippen molar-refractivity contribution in [3.05, 3.63) is 0 Å². The lowest BCUT2D eigenvalue weighted by Crippen LogP contribution is -2.35. The minimum atomic E-state index is -1.97. The summed E-state index contributed by atoms with van der Waals surface area (Å²) >= 11 is 0. The zero-order valence-electron chi connectivity index (χ0n) is 6.96. The minimum absolute atomic E-state index is 0.584. The van der Waals surface area contributed by atoms with Gasteiger partial charge in [-0.2, -0.15) is 0 Å². The highest BCUT2D eigenvalue weighted by Crippen LogP contribution is 2.23. The van der Waals surface area contributed by atoms with Gasteiger partial charge in [0.15, 0.2) is 0 Å². The lowest BCUT2D eigenvalue weighted by atomic mass is 10.4. The molecule has 0 saturated carbocycles. The molecule has 0 spiro atoms. The van der Waals surface area contributed by atoms with Gasteiger partial charge in [0, 0.05) is 6.42 Å². The smallest absolute Gasteiger partial charge is 0.256 e. The Labute approximate surface area is 63.8 Å². The molecule has 3 nitrogen and oxygen atoms in total. The SMILES string of the molecule is C[N+](C)(C)CCC[PH+](O)O. The van der Waals surface area contributed by atoms with Crippen LogP contribution in [-0.4, -0.2) is 48.1 Å². The molecule has 62 valence electrons. The van der Waals surface area contributed by atoms with Crippen molar-refractivity contribution >= 4 is 8.38 Å². The summed E-state index contributed by atoms with van der Waals surface area (Å²) in [5.74, 6) is 0. The highest BCUT2D eigenvalue weighted by atomic mass is 31.2. The molecule has 0 heterocycles. The van der Waals surface area contributed by atoms with Crippen molar-refractivity contribution in [1.82, 2.24) is 0 Å². The molecule has 2 N–H and O–H groups in total. The molecule has 10 heavy (non-hydrogen) atoms. The first kappa shape index (κ1) is 10.3. The molecular weight excluding hydrogens is 149 g/mol. The summed E-state index contributed by atoms with van der Waals surface area (Å²) in [6.45, 7) is 1.01. The molecular formula is C6H18NO2P+2. The molecule has 0 rings (SSSR count). The highest BCUT2D eigenvalue weighted by Gasteiger charge is 2.11. The lowest BCUT2D eigenvalue weighted by Gasteiger charge is -2.22. The van der Waals surface area contributed by atoms with E-state index in [1.807, 2.05) is 0 Å². The summed E-state index contributed by atoms with van der Waals surface area (Å²) in [6.07, 6.45) is 1.49. The fourth-order valence-corrected chi connectivity index (χ4v) is 1.19. The maximum atomic E-state index is 8.60. The number of hydrogen-bond donors (Lipinski definition) is 2. The first-order chi connectivity index (χ1) is 4.42. The van der Waals surface area contributed by atoms with Crippen LogP contribution >= 0.6 is 8.38 Å². The summed E-state index contributed by atoms with van der Waals surface area (Å²) in [4.78, 5) is 17.2. The van der Waals surface area contributed by atoms with Crippen LogP contribution in [0.3, 0.4) is 0 Å². The van der Waals surface area contributed by atoms with Gasteiger partial charge in [-0.05, 0) is 0 Å². The Morgan fingerprint density at radius 2 is 1.70 bits per heavy atom. The van der Waals surface area contributed by atoms with Crippen LogP contribution < -0.4 is 0 Å². The van der Waals surface area contributed by atoms with Crippen LogP contribution in [0.2, 0.25) is 0 Å². The van der Waals surface area contributed by atoms with Crippen LogP contribution in [0.5, 0.6) is 0 Å². The fourth-order valence-electron chi connectivity index (χ4n) is 0.712. The van der Waals surface area contributed by atoms with Gasteiger partial charge < -0.3 is 4.48 Å². The van der Waals surface area contributed by atoms with Gasteiger partial charge in [0.05, 0.1) is 27.7 Å². The van der Waals surface area contributed by atoms with Crippen molar-refractivity contribution in [3.63, 3.8) is 0 Å². The first-order valence-corrected chi connectivity index (χ1v) is 5.06. The van der Waals surface area contributed by atoms with Gasteiger partial charge >= 0.3 is 0 Å². The maximum absolute atomic E-state index is 8.60. The maximum Gasteiger partial charge on any atom is 0.256 e. The quantitative estimate of drug-likeness (QED) is 0.461. The molecule has 0 saturated heterocycles. The van der Waals surface area contributed by atoms with Crippen LogP contribution in [0, 0.1) is 0 Å². The molecule has 0 unspecified atom stereocenters. The van der Waals surface area contributed by atoms with Crippen LogP contribution in [-0.2, 0) is 0 Å². The minimum Gasteiger partial charge on any atom is -0.331 e. The Kier molecular flexibility index (Phi) is 4.37. The van der Waals surface area contributed by atoms with Crippen LogP contribution in [0.4, 0.5) is 0 Å². The summed E-state index contributed by atoms with van der Waals surface area (Å²) in [5, 5.41) is 0. The number of rotatable bonds is 4. The highest BCUT2D eigenvalue weighted by molar-refractivity contribution is 7.45. The third kappa shape index (κ3) is 8.31. The van der Waals surface area contributed by atoms with Gasteiger partial charge in [0.25, 0.3) is 8.38 Å². The molecule has 0 amide bonds. The van der Waals surface area contributed by atoms with Gasteiger partial charge in [0.1, 0.15) is 6.16 Å². The summed E-state index contributed by atoms with van der Waals surface area (Å²) in [7, 11) is 4.33. The van der Waals surface area contributed by atoms with Crippen LogP contribution in [0.1, 0.15) is 6.42 Å².